The largest absolute Gasteiger partial charge is 0.366 e. The van der Waals surface area contributed by atoms with E-state index in [1.807, 2.05) is 10.8 Å². The summed E-state index contributed by atoms with van der Waals surface area (Å²) >= 11 is 0. The van der Waals surface area contributed by atoms with E-state index in [4.69, 9.17) is 0 Å². The molecule has 4 aromatic rings. The van der Waals surface area contributed by atoms with E-state index in [1.54, 1.807) is 6.33 Å². The van der Waals surface area contributed by atoms with E-state index in [0.717, 1.165) is 42.8 Å². The van der Waals surface area contributed by atoms with Crippen molar-refractivity contribution in [2.75, 3.05) is 5.32 Å². The van der Waals surface area contributed by atoms with Gasteiger partial charge in [-0.1, -0.05) is 6.07 Å². The fourth-order valence-corrected chi connectivity index (χ4v) is 3.78. The second kappa shape index (κ2) is 5.79. The lowest BCUT2D eigenvalue weighted by Gasteiger charge is -2.13. The summed E-state index contributed by atoms with van der Waals surface area (Å²) < 4.78 is 4.03. The number of nitrogens with zero attached hydrogens (tertiary/aromatic N) is 6. The van der Waals surface area contributed by atoms with Gasteiger partial charge in [-0.3, -0.25) is 0 Å². The first-order chi connectivity index (χ1) is 12.7. The third-order valence-corrected chi connectivity index (χ3v) is 5.11. The predicted octanol–water partition coefficient (Wildman–Crippen LogP) is 3.16. The summed E-state index contributed by atoms with van der Waals surface area (Å²) in [7, 11) is 0. The van der Waals surface area contributed by atoms with Crippen LogP contribution in [0.3, 0.4) is 0 Å². The molecule has 0 aliphatic heterocycles. The highest BCUT2D eigenvalue weighted by molar-refractivity contribution is 5.76. The Morgan fingerprint density at radius 2 is 2.12 bits per heavy atom. The van der Waals surface area contributed by atoms with Gasteiger partial charge in [-0.15, -0.1) is 0 Å². The zero-order valence-electron chi connectivity index (χ0n) is 15.0. The lowest BCUT2D eigenvalue weighted by molar-refractivity contribution is 0.617. The number of aryl methyl sites for hydroxylation is 1. The average molecular weight is 347 g/mol. The van der Waals surface area contributed by atoms with Crippen LogP contribution >= 0.6 is 0 Å². The Morgan fingerprint density at radius 1 is 1.19 bits per heavy atom. The summed E-state index contributed by atoms with van der Waals surface area (Å²) in [5, 5.41) is 7.94. The highest BCUT2D eigenvalue weighted by atomic mass is 15.4. The van der Waals surface area contributed by atoms with Crippen LogP contribution in [0.5, 0.6) is 0 Å². The molecule has 5 rings (SSSR count). The molecule has 0 atom stereocenters. The molecular formula is C19H21N7. The lowest BCUT2D eigenvalue weighted by Crippen LogP contribution is -2.10. The van der Waals surface area contributed by atoms with Crippen molar-refractivity contribution in [3.8, 4) is 0 Å². The van der Waals surface area contributed by atoms with Crippen LogP contribution in [-0.2, 0) is 19.4 Å². The molecule has 3 heterocycles. The molecule has 0 saturated heterocycles. The first kappa shape index (κ1) is 15.3. The highest BCUT2D eigenvalue weighted by Crippen LogP contribution is 2.28. The molecular weight excluding hydrogens is 326 g/mol. The van der Waals surface area contributed by atoms with Crippen LogP contribution in [0.25, 0.3) is 16.8 Å². The second-order valence-corrected chi connectivity index (χ2v) is 7.13. The molecule has 7 heteroatoms. The molecule has 0 unspecified atom stereocenters. The number of hydrogen-bond donors (Lipinski definition) is 1. The summed E-state index contributed by atoms with van der Waals surface area (Å²) in [5.41, 5.74) is 5.85. The molecule has 0 bridgehead atoms. The van der Waals surface area contributed by atoms with E-state index in [-0.39, 0.29) is 0 Å². The van der Waals surface area contributed by atoms with E-state index in [2.05, 4.69) is 62.0 Å². The van der Waals surface area contributed by atoms with E-state index < -0.39 is 0 Å². The maximum atomic E-state index is 4.63. The van der Waals surface area contributed by atoms with Crippen LogP contribution in [-0.4, -0.2) is 29.1 Å². The van der Waals surface area contributed by atoms with Gasteiger partial charge in [-0.2, -0.15) is 14.6 Å². The first-order valence-electron chi connectivity index (χ1n) is 9.11. The standard InChI is InChI=1S/C19H21N7/c1-12(2)25-11-22-16-7-6-13(8-17(16)25)9-20-18-14-4-3-5-15(14)24-19-21-10-23-26(18)19/h6-8,10-12,20H,3-5,9H2,1-2H3. The molecule has 0 saturated carbocycles. The summed E-state index contributed by atoms with van der Waals surface area (Å²) in [4.78, 5) is 13.4. The van der Waals surface area contributed by atoms with Crippen molar-refractivity contribution < 1.29 is 0 Å². The molecule has 132 valence electrons. The van der Waals surface area contributed by atoms with Crippen LogP contribution in [0.1, 0.15) is 43.1 Å². The van der Waals surface area contributed by atoms with Crippen molar-refractivity contribution >= 4 is 22.6 Å². The average Bonchev–Trinajstić information content (AvgIpc) is 3.36. The Kier molecular flexibility index (Phi) is 3.41. The van der Waals surface area contributed by atoms with Crippen molar-refractivity contribution in [2.45, 2.75) is 45.7 Å². The fourth-order valence-electron chi connectivity index (χ4n) is 3.78. The van der Waals surface area contributed by atoms with Gasteiger partial charge in [0.25, 0.3) is 5.78 Å². The molecule has 0 spiro atoms. The van der Waals surface area contributed by atoms with Gasteiger partial charge in [-0.05, 0) is 50.8 Å². The van der Waals surface area contributed by atoms with Gasteiger partial charge < -0.3 is 9.88 Å². The number of fused-ring (bicyclic) bond motifs is 3. The highest BCUT2D eigenvalue weighted by Gasteiger charge is 2.20. The lowest BCUT2D eigenvalue weighted by atomic mass is 10.2. The van der Waals surface area contributed by atoms with Crippen molar-refractivity contribution in [1.82, 2.24) is 29.1 Å². The summed E-state index contributed by atoms with van der Waals surface area (Å²) in [6.07, 6.45) is 6.69. The third kappa shape index (κ3) is 2.34. The molecule has 1 aliphatic carbocycles. The van der Waals surface area contributed by atoms with Crippen LogP contribution in [0.2, 0.25) is 0 Å². The van der Waals surface area contributed by atoms with Crippen LogP contribution in [0, 0.1) is 0 Å². The predicted molar refractivity (Wildman–Crippen MR) is 100 cm³/mol. The van der Waals surface area contributed by atoms with Gasteiger partial charge in [-0.25, -0.2) is 9.97 Å². The molecule has 1 N–H and O–H groups in total. The monoisotopic (exact) mass is 347 g/mol. The molecule has 1 aliphatic rings. The Balaban J connectivity index is 1.50. The van der Waals surface area contributed by atoms with Crippen molar-refractivity contribution in [3.05, 3.63) is 47.7 Å². The van der Waals surface area contributed by atoms with Gasteiger partial charge in [0.15, 0.2) is 0 Å². The Morgan fingerprint density at radius 3 is 3.00 bits per heavy atom. The summed E-state index contributed by atoms with van der Waals surface area (Å²) in [6, 6.07) is 6.83. The number of rotatable bonds is 4. The van der Waals surface area contributed by atoms with Crippen LogP contribution in [0.15, 0.2) is 30.9 Å². The Labute approximate surface area is 151 Å². The number of imidazole rings is 1. The van der Waals surface area contributed by atoms with Crippen molar-refractivity contribution in [3.63, 3.8) is 0 Å². The normalized spacial score (nSPS) is 13.8. The Bertz CT molecular complexity index is 1110. The molecule has 0 radical (unpaired) electrons. The minimum atomic E-state index is 0.390. The van der Waals surface area contributed by atoms with E-state index in [0.29, 0.717) is 11.8 Å². The Hall–Kier alpha value is -2.96. The second-order valence-electron chi connectivity index (χ2n) is 7.13. The van der Waals surface area contributed by atoms with Crippen molar-refractivity contribution in [2.24, 2.45) is 0 Å². The molecule has 0 amide bonds. The number of aromatic nitrogens is 6. The SMILES string of the molecule is CC(C)n1cnc2ccc(CNc3c4c(nc5ncnn35)CCC4)cc21. The number of nitrogens with one attached hydrogen (secondary N) is 1. The zero-order valence-corrected chi connectivity index (χ0v) is 15.0. The van der Waals surface area contributed by atoms with Crippen LogP contribution in [0.4, 0.5) is 5.82 Å². The van der Waals surface area contributed by atoms with Gasteiger partial charge in [0.2, 0.25) is 0 Å². The first-order valence-corrected chi connectivity index (χ1v) is 9.11. The van der Waals surface area contributed by atoms with Gasteiger partial charge in [0.05, 0.1) is 23.1 Å². The molecule has 3 aromatic heterocycles. The van der Waals surface area contributed by atoms with Gasteiger partial charge >= 0.3 is 0 Å². The van der Waals surface area contributed by atoms with Gasteiger partial charge in [0.1, 0.15) is 12.1 Å². The minimum absolute atomic E-state index is 0.390. The number of anilines is 1. The van der Waals surface area contributed by atoms with Crippen LogP contribution < -0.4 is 5.32 Å². The molecule has 1 aromatic carbocycles. The summed E-state index contributed by atoms with van der Waals surface area (Å²) in [5.74, 6) is 1.69. The number of benzene rings is 1. The molecule has 26 heavy (non-hydrogen) atoms. The fraction of sp³-hybridized carbons (Fsp3) is 0.368. The number of hydrogen-bond acceptors (Lipinski definition) is 5. The minimum Gasteiger partial charge on any atom is -0.366 e. The summed E-state index contributed by atoms with van der Waals surface area (Å²) in [6.45, 7) is 5.08. The maximum absolute atomic E-state index is 4.63. The molecule has 0 fully saturated rings. The van der Waals surface area contributed by atoms with E-state index >= 15 is 0 Å². The molecule has 7 nitrogen and oxygen atoms in total. The third-order valence-electron chi connectivity index (χ3n) is 5.11. The van der Waals surface area contributed by atoms with Crippen molar-refractivity contribution in [1.29, 1.82) is 0 Å². The maximum Gasteiger partial charge on any atom is 0.254 e. The topological polar surface area (TPSA) is 72.9 Å². The van der Waals surface area contributed by atoms with Gasteiger partial charge in [0, 0.05) is 18.2 Å². The van der Waals surface area contributed by atoms with E-state index in [9.17, 15) is 0 Å². The van der Waals surface area contributed by atoms with E-state index in [1.165, 1.54) is 16.6 Å². The smallest absolute Gasteiger partial charge is 0.254 e. The quantitative estimate of drug-likeness (QED) is 0.614. The zero-order chi connectivity index (χ0) is 17.7.